The summed E-state index contributed by atoms with van der Waals surface area (Å²) in [6.07, 6.45) is 0. The Morgan fingerprint density at radius 1 is 1.06 bits per heavy atom. The average molecular weight is 267 g/mol. The highest BCUT2D eigenvalue weighted by Crippen LogP contribution is 2.19. The van der Waals surface area contributed by atoms with Crippen LogP contribution in [-0.2, 0) is 0 Å². The largest absolute Gasteiger partial charge is 0.288 e. The number of rotatable bonds is 2. The highest BCUT2D eigenvalue weighted by molar-refractivity contribution is 6.30. The van der Waals surface area contributed by atoms with Gasteiger partial charge in [0.05, 0.1) is 5.56 Å². The number of ketones is 1. The number of benzene rings is 2. The normalized spacial score (nSPS) is 10.4. The molecule has 0 aromatic heterocycles. The van der Waals surface area contributed by atoms with Gasteiger partial charge < -0.3 is 0 Å². The second kappa shape index (κ2) is 4.86. The predicted octanol–water partition coefficient (Wildman–Crippen LogP) is 4.16. The van der Waals surface area contributed by atoms with Gasteiger partial charge in [-0.05, 0) is 42.8 Å². The lowest BCUT2D eigenvalue weighted by atomic mass is 10.0. The molecule has 0 amide bonds. The fourth-order valence-corrected chi connectivity index (χ4v) is 1.71. The molecule has 0 unspecified atom stereocenters. The second-order valence-corrected chi connectivity index (χ2v) is 4.35. The maximum atomic E-state index is 13.6. The molecule has 0 saturated carbocycles. The van der Waals surface area contributed by atoms with E-state index >= 15 is 0 Å². The Balaban J connectivity index is 2.46. The molecule has 0 fully saturated rings. The summed E-state index contributed by atoms with van der Waals surface area (Å²) >= 11 is 5.70. The third kappa shape index (κ3) is 2.41. The van der Waals surface area contributed by atoms with Gasteiger partial charge >= 0.3 is 0 Å². The van der Waals surface area contributed by atoms with Gasteiger partial charge in [0.25, 0.3) is 0 Å². The van der Waals surface area contributed by atoms with Gasteiger partial charge in [0.15, 0.2) is 5.78 Å². The van der Waals surface area contributed by atoms with Crippen molar-refractivity contribution in [3.63, 3.8) is 0 Å². The van der Waals surface area contributed by atoms with Crippen molar-refractivity contribution in [3.05, 3.63) is 69.7 Å². The highest BCUT2D eigenvalue weighted by Gasteiger charge is 2.16. The Bertz CT molecular complexity index is 606. The number of aryl methyl sites for hydroxylation is 1. The SMILES string of the molecule is Cc1cc(C(=O)c2ccc(Cl)cc2)c(F)cc1F. The van der Waals surface area contributed by atoms with Gasteiger partial charge in [0, 0.05) is 16.7 Å². The van der Waals surface area contributed by atoms with Crippen molar-refractivity contribution >= 4 is 17.4 Å². The summed E-state index contributed by atoms with van der Waals surface area (Å²) in [7, 11) is 0. The first kappa shape index (κ1) is 12.7. The number of carbonyl (C=O) groups excluding carboxylic acids is 1. The third-order valence-corrected chi connectivity index (χ3v) is 2.85. The van der Waals surface area contributed by atoms with Gasteiger partial charge in [-0.15, -0.1) is 0 Å². The van der Waals surface area contributed by atoms with Crippen molar-refractivity contribution in [2.24, 2.45) is 0 Å². The molecule has 2 aromatic rings. The van der Waals surface area contributed by atoms with Crippen LogP contribution in [-0.4, -0.2) is 5.78 Å². The molecule has 0 radical (unpaired) electrons. The Kier molecular flexibility index (Phi) is 3.43. The maximum absolute atomic E-state index is 13.6. The standard InChI is InChI=1S/C14H9ClF2O/c1-8-6-11(13(17)7-12(8)16)14(18)9-2-4-10(15)5-3-9/h2-7H,1H3. The quantitative estimate of drug-likeness (QED) is 0.746. The van der Waals surface area contributed by atoms with E-state index in [1.807, 2.05) is 0 Å². The van der Waals surface area contributed by atoms with E-state index < -0.39 is 17.4 Å². The first-order valence-electron chi connectivity index (χ1n) is 5.25. The Labute approximate surface area is 108 Å². The molecule has 0 saturated heterocycles. The molecule has 0 aliphatic rings. The van der Waals surface area contributed by atoms with Crippen LogP contribution >= 0.6 is 11.6 Å². The van der Waals surface area contributed by atoms with Crippen LogP contribution in [0.2, 0.25) is 5.02 Å². The molecule has 4 heteroatoms. The van der Waals surface area contributed by atoms with Crippen LogP contribution < -0.4 is 0 Å². The monoisotopic (exact) mass is 266 g/mol. The zero-order valence-corrected chi connectivity index (χ0v) is 10.3. The summed E-state index contributed by atoms with van der Waals surface area (Å²) in [5, 5.41) is 0.488. The molecule has 0 spiro atoms. The first-order valence-corrected chi connectivity index (χ1v) is 5.63. The maximum Gasteiger partial charge on any atom is 0.195 e. The lowest BCUT2D eigenvalue weighted by molar-refractivity contribution is 0.103. The van der Waals surface area contributed by atoms with Crippen LogP contribution in [0.5, 0.6) is 0 Å². The van der Waals surface area contributed by atoms with Crippen LogP contribution in [0.3, 0.4) is 0 Å². The van der Waals surface area contributed by atoms with E-state index in [4.69, 9.17) is 11.6 Å². The van der Waals surface area contributed by atoms with Crippen LogP contribution in [0, 0.1) is 18.6 Å². The molecule has 92 valence electrons. The summed E-state index contributed by atoms with van der Waals surface area (Å²) in [6.45, 7) is 1.48. The summed E-state index contributed by atoms with van der Waals surface area (Å²) in [5.74, 6) is -2.02. The van der Waals surface area contributed by atoms with E-state index in [0.29, 0.717) is 10.6 Å². The van der Waals surface area contributed by atoms with Crippen molar-refractivity contribution in [1.82, 2.24) is 0 Å². The minimum Gasteiger partial charge on any atom is -0.288 e. The van der Waals surface area contributed by atoms with Crippen molar-refractivity contribution in [3.8, 4) is 0 Å². The first-order chi connectivity index (χ1) is 8.49. The molecule has 0 heterocycles. The highest BCUT2D eigenvalue weighted by atomic mass is 35.5. The van der Waals surface area contributed by atoms with E-state index in [2.05, 4.69) is 0 Å². The zero-order chi connectivity index (χ0) is 13.3. The lowest BCUT2D eigenvalue weighted by Gasteiger charge is -2.05. The van der Waals surface area contributed by atoms with Crippen LogP contribution in [0.25, 0.3) is 0 Å². The molecule has 0 atom stereocenters. The molecule has 1 nitrogen and oxygen atoms in total. The summed E-state index contributed by atoms with van der Waals surface area (Å²) in [5.41, 5.74) is 0.397. The van der Waals surface area contributed by atoms with E-state index in [-0.39, 0.29) is 11.1 Å². The van der Waals surface area contributed by atoms with Crippen molar-refractivity contribution in [1.29, 1.82) is 0 Å². The topological polar surface area (TPSA) is 17.1 Å². The minimum absolute atomic E-state index is 0.142. The average Bonchev–Trinajstić information content (AvgIpc) is 2.34. The molecule has 2 aromatic carbocycles. The second-order valence-electron chi connectivity index (χ2n) is 3.92. The van der Waals surface area contributed by atoms with E-state index in [9.17, 15) is 13.6 Å². The fourth-order valence-electron chi connectivity index (χ4n) is 1.59. The number of hydrogen-bond acceptors (Lipinski definition) is 1. The van der Waals surface area contributed by atoms with Gasteiger partial charge in [0.1, 0.15) is 11.6 Å². The Morgan fingerprint density at radius 3 is 2.28 bits per heavy atom. The van der Waals surface area contributed by atoms with Gasteiger partial charge in [0.2, 0.25) is 0 Å². The Hall–Kier alpha value is -1.74. The van der Waals surface area contributed by atoms with Gasteiger partial charge in [-0.3, -0.25) is 4.79 Å². The number of carbonyl (C=O) groups is 1. The molecule has 0 N–H and O–H groups in total. The van der Waals surface area contributed by atoms with Crippen LogP contribution in [0.4, 0.5) is 8.78 Å². The molecule has 0 aliphatic carbocycles. The zero-order valence-electron chi connectivity index (χ0n) is 9.51. The van der Waals surface area contributed by atoms with Crippen molar-refractivity contribution in [2.75, 3.05) is 0 Å². The fraction of sp³-hybridized carbons (Fsp3) is 0.0714. The molecule has 18 heavy (non-hydrogen) atoms. The smallest absolute Gasteiger partial charge is 0.195 e. The molecular formula is C14H9ClF2O. The van der Waals surface area contributed by atoms with Gasteiger partial charge in [-0.25, -0.2) is 8.78 Å². The molecule has 2 rings (SSSR count). The summed E-state index contributed by atoms with van der Waals surface area (Å²) < 4.78 is 26.7. The molecule has 0 bridgehead atoms. The number of hydrogen-bond donors (Lipinski definition) is 0. The van der Waals surface area contributed by atoms with Gasteiger partial charge in [-0.2, -0.15) is 0 Å². The summed E-state index contributed by atoms with van der Waals surface area (Å²) in [4.78, 5) is 12.0. The minimum atomic E-state index is -0.863. The van der Waals surface area contributed by atoms with Crippen molar-refractivity contribution < 1.29 is 13.6 Å². The van der Waals surface area contributed by atoms with E-state index in [1.165, 1.54) is 25.1 Å². The number of halogens is 3. The third-order valence-electron chi connectivity index (χ3n) is 2.60. The predicted molar refractivity (Wildman–Crippen MR) is 66.0 cm³/mol. The van der Waals surface area contributed by atoms with E-state index in [1.54, 1.807) is 12.1 Å². The lowest BCUT2D eigenvalue weighted by Crippen LogP contribution is -2.05. The molecular weight excluding hydrogens is 258 g/mol. The van der Waals surface area contributed by atoms with Gasteiger partial charge in [-0.1, -0.05) is 11.6 Å². The Morgan fingerprint density at radius 2 is 1.67 bits per heavy atom. The molecule has 0 aliphatic heterocycles. The summed E-state index contributed by atoms with van der Waals surface area (Å²) in [6, 6.07) is 8.03. The van der Waals surface area contributed by atoms with E-state index in [0.717, 1.165) is 6.07 Å². The van der Waals surface area contributed by atoms with Crippen LogP contribution in [0.15, 0.2) is 36.4 Å². The van der Waals surface area contributed by atoms with Crippen LogP contribution in [0.1, 0.15) is 21.5 Å². The van der Waals surface area contributed by atoms with Crippen molar-refractivity contribution in [2.45, 2.75) is 6.92 Å².